The molecule has 3 nitrogen and oxygen atoms in total. The number of halogens is 1. The van der Waals surface area contributed by atoms with Crippen LogP contribution in [0.5, 0.6) is 0 Å². The molecule has 0 aromatic heterocycles. The summed E-state index contributed by atoms with van der Waals surface area (Å²) in [5.74, 6) is 0. The molecule has 0 saturated carbocycles. The van der Waals surface area contributed by atoms with Crippen LogP contribution < -0.4 is 10.6 Å². The lowest BCUT2D eigenvalue weighted by molar-refractivity contribution is 0.570. The van der Waals surface area contributed by atoms with Crippen molar-refractivity contribution in [3.8, 4) is 0 Å². The topological polar surface area (TPSA) is 41.1 Å². The summed E-state index contributed by atoms with van der Waals surface area (Å²) in [6, 6.07) is 12.3. The first-order valence-electron chi connectivity index (χ1n) is 8.02. The molecule has 3 rings (SSSR count). The minimum atomic E-state index is 0.692. The van der Waals surface area contributed by atoms with Crippen molar-refractivity contribution >= 4 is 34.7 Å². The minimum absolute atomic E-state index is 0.692. The van der Waals surface area contributed by atoms with Crippen LogP contribution >= 0.6 is 23.4 Å². The van der Waals surface area contributed by atoms with E-state index in [9.17, 15) is 4.79 Å². The van der Waals surface area contributed by atoms with E-state index in [0.29, 0.717) is 5.02 Å². The number of carbonyl (C=O) groups is 1. The zero-order valence-electron chi connectivity index (χ0n) is 14.1. The Morgan fingerprint density at radius 1 is 1.21 bits per heavy atom. The molecule has 1 aliphatic rings. The fourth-order valence-corrected chi connectivity index (χ4v) is 3.90. The van der Waals surface area contributed by atoms with Gasteiger partial charge in [0.1, 0.15) is 0 Å². The van der Waals surface area contributed by atoms with Crippen molar-refractivity contribution in [1.29, 1.82) is 0 Å². The third-order valence-electron chi connectivity index (χ3n) is 3.91. The summed E-state index contributed by atoms with van der Waals surface area (Å²) in [7, 11) is 1.83. The fraction of sp³-hybridized carbons (Fsp3) is 0.316. The Balaban J connectivity index is 0.000000249. The van der Waals surface area contributed by atoms with E-state index in [1.54, 1.807) is 0 Å². The molecule has 0 saturated heterocycles. The molecular formula is C19H23ClN2OS. The van der Waals surface area contributed by atoms with Crippen LogP contribution in [0.4, 0.5) is 5.69 Å². The lowest BCUT2D eigenvalue weighted by Crippen LogP contribution is -2.16. The molecule has 2 aromatic rings. The van der Waals surface area contributed by atoms with Crippen molar-refractivity contribution in [2.75, 3.05) is 25.5 Å². The lowest BCUT2D eigenvalue weighted by Gasteiger charge is -2.16. The van der Waals surface area contributed by atoms with Crippen LogP contribution in [0.3, 0.4) is 0 Å². The number of hydrogen-bond acceptors (Lipinski definition) is 4. The Hall–Kier alpha value is -1.49. The smallest absolute Gasteiger partial charge is 0.181 e. The van der Waals surface area contributed by atoms with Crippen LogP contribution in [-0.4, -0.2) is 25.8 Å². The SMILES string of the molecule is CNc1c(Cl)cc2c(c1SC=O)CCNCC2.Cc1ccccc1. The highest BCUT2D eigenvalue weighted by atomic mass is 35.5. The van der Waals surface area contributed by atoms with Crippen molar-refractivity contribution in [2.45, 2.75) is 24.7 Å². The van der Waals surface area contributed by atoms with E-state index in [-0.39, 0.29) is 0 Å². The maximum absolute atomic E-state index is 10.8. The molecule has 0 amide bonds. The summed E-state index contributed by atoms with van der Waals surface area (Å²) in [6.45, 7) is 4.00. The van der Waals surface area contributed by atoms with Crippen molar-refractivity contribution in [3.63, 3.8) is 0 Å². The highest BCUT2D eigenvalue weighted by Gasteiger charge is 2.18. The minimum Gasteiger partial charge on any atom is -0.386 e. The third-order valence-corrected chi connectivity index (χ3v) is 4.99. The number of rotatable bonds is 3. The monoisotopic (exact) mass is 362 g/mol. The molecule has 0 fully saturated rings. The average Bonchev–Trinajstić information content (AvgIpc) is 2.82. The Kier molecular flexibility index (Phi) is 7.63. The zero-order valence-corrected chi connectivity index (χ0v) is 15.6. The first-order chi connectivity index (χ1) is 11.7. The number of fused-ring (bicyclic) bond motifs is 1. The molecule has 0 bridgehead atoms. The standard InChI is InChI=1S/C12H15ClN2OS.C7H8/c1-14-11-10(13)6-8-2-4-15-5-3-9(8)12(11)17-7-16;1-7-5-3-2-4-6-7/h6-7,14-15H,2-5H2,1H3;2-6H,1H3. The molecule has 1 heterocycles. The highest BCUT2D eigenvalue weighted by Crippen LogP contribution is 2.38. The molecule has 0 radical (unpaired) electrons. The van der Waals surface area contributed by atoms with E-state index in [1.807, 2.05) is 31.3 Å². The van der Waals surface area contributed by atoms with Gasteiger partial charge in [0, 0.05) is 11.9 Å². The Morgan fingerprint density at radius 3 is 2.50 bits per heavy atom. The average molecular weight is 363 g/mol. The van der Waals surface area contributed by atoms with Crippen molar-refractivity contribution in [3.05, 3.63) is 58.1 Å². The number of carbonyl (C=O) groups excluding carboxylic acids is 1. The molecule has 2 aromatic carbocycles. The molecule has 0 spiro atoms. The van der Waals surface area contributed by atoms with E-state index in [1.165, 1.54) is 28.5 Å². The van der Waals surface area contributed by atoms with Gasteiger partial charge in [0.15, 0.2) is 5.62 Å². The largest absolute Gasteiger partial charge is 0.386 e. The predicted molar refractivity (Wildman–Crippen MR) is 105 cm³/mol. The van der Waals surface area contributed by atoms with Gasteiger partial charge in [-0.2, -0.15) is 0 Å². The molecule has 128 valence electrons. The van der Waals surface area contributed by atoms with Crippen LogP contribution in [0.2, 0.25) is 5.02 Å². The van der Waals surface area contributed by atoms with Crippen molar-refractivity contribution < 1.29 is 4.79 Å². The normalized spacial score (nSPS) is 13.1. The van der Waals surface area contributed by atoms with Gasteiger partial charge in [-0.1, -0.05) is 59.3 Å². The first kappa shape index (κ1) is 18.8. The fourth-order valence-electron chi connectivity index (χ4n) is 2.72. The van der Waals surface area contributed by atoms with Gasteiger partial charge in [0.2, 0.25) is 0 Å². The molecule has 0 aliphatic carbocycles. The number of nitrogens with one attached hydrogen (secondary N) is 2. The molecular weight excluding hydrogens is 340 g/mol. The first-order valence-corrected chi connectivity index (χ1v) is 9.27. The molecule has 5 heteroatoms. The molecule has 1 aliphatic heterocycles. The lowest BCUT2D eigenvalue weighted by atomic mass is 10.0. The zero-order chi connectivity index (χ0) is 17.4. The van der Waals surface area contributed by atoms with Crippen LogP contribution in [0.15, 0.2) is 41.3 Å². The van der Waals surface area contributed by atoms with Gasteiger partial charge in [-0.05, 0) is 50.0 Å². The van der Waals surface area contributed by atoms with Crippen molar-refractivity contribution in [2.24, 2.45) is 0 Å². The highest BCUT2D eigenvalue weighted by molar-refractivity contribution is 8.12. The maximum atomic E-state index is 10.8. The van der Waals surface area contributed by atoms with E-state index in [0.717, 1.165) is 42.1 Å². The van der Waals surface area contributed by atoms with E-state index >= 15 is 0 Å². The third kappa shape index (κ3) is 5.00. The number of anilines is 1. The van der Waals surface area contributed by atoms with Crippen LogP contribution in [0.25, 0.3) is 0 Å². The second-order valence-electron chi connectivity index (χ2n) is 5.57. The summed E-state index contributed by atoms with van der Waals surface area (Å²) in [4.78, 5) is 11.8. The number of hydrogen-bond donors (Lipinski definition) is 2. The van der Waals surface area contributed by atoms with Gasteiger partial charge in [0.25, 0.3) is 0 Å². The number of aryl methyl sites for hydroxylation is 1. The molecule has 24 heavy (non-hydrogen) atoms. The van der Waals surface area contributed by atoms with E-state index in [4.69, 9.17) is 11.6 Å². The van der Waals surface area contributed by atoms with Gasteiger partial charge < -0.3 is 10.6 Å². The van der Waals surface area contributed by atoms with Gasteiger partial charge in [0.05, 0.1) is 10.7 Å². The van der Waals surface area contributed by atoms with Crippen LogP contribution in [0.1, 0.15) is 16.7 Å². The van der Waals surface area contributed by atoms with E-state index in [2.05, 4.69) is 29.7 Å². The quantitative estimate of drug-likeness (QED) is 0.629. The van der Waals surface area contributed by atoms with Gasteiger partial charge in [-0.15, -0.1) is 0 Å². The van der Waals surface area contributed by atoms with Gasteiger partial charge in [-0.3, -0.25) is 4.79 Å². The van der Waals surface area contributed by atoms with Crippen LogP contribution in [-0.2, 0) is 17.6 Å². The molecule has 0 unspecified atom stereocenters. The molecule has 2 N–H and O–H groups in total. The predicted octanol–water partition coefficient (Wildman–Crippen LogP) is 4.35. The van der Waals surface area contributed by atoms with Crippen molar-refractivity contribution in [1.82, 2.24) is 5.32 Å². The molecule has 0 atom stereocenters. The van der Waals surface area contributed by atoms with Gasteiger partial charge >= 0.3 is 0 Å². The summed E-state index contributed by atoms with van der Waals surface area (Å²) < 4.78 is 0. The second kappa shape index (κ2) is 9.72. The van der Waals surface area contributed by atoms with Crippen LogP contribution in [0, 0.1) is 6.92 Å². The number of thioether (sulfide) groups is 1. The van der Waals surface area contributed by atoms with E-state index < -0.39 is 0 Å². The Labute approximate surface area is 153 Å². The second-order valence-corrected chi connectivity index (χ2v) is 6.81. The number of benzene rings is 2. The maximum Gasteiger partial charge on any atom is 0.181 e. The summed E-state index contributed by atoms with van der Waals surface area (Å²) in [6.07, 6.45) is 1.91. The summed E-state index contributed by atoms with van der Waals surface area (Å²) in [5.41, 5.74) is 5.56. The van der Waals surface area contributed by atoms with Gasteiger partial charge in [-0.25, -0.2) is 0 Å². The Bertz CT molecular complexity index is 677. The summed E-state index contributed by atoms with van der Waals surface area (Å²) >= 11 is 7.45. The summed E-state index contributed by atoms with van der Waals surface area (Å²) in [5, 5.41) is 7.14. The Morgan fingerprint density at radius 2 is 1.92 bits per heavy atom.